The van der Waals surface area contributed by atoms with Crippen molar-refractivity contribution in [3.05, 3.63) is 48.5 Å². The van der Waals surface area contributed by atoms with Crippen LogP contribution in [0.5, 0.6) is 0 Å². The lowest BCUT2D eigenvalue weighted by Crippen LogP contribution is -2.64. The van der Waals surface area contributed by atoms with Crippen molar-refractivity contribution >= 4 is 27.8 Å². The second-order valence-electron chi connectivity index (χ2n) is 9.27. The number of hydrogen-bond donors (Lipinski definition) is 0. The summed E-state index contributed by atoms with van der Waals surface area (Å²) in [5.74, 6) is 0.676. The Morgan fingerprint density at radius 1 is 0.875 bits per heavy atom. The first kappa shape index (κ1) is 18.5. The van der Waals surface area contributed by atoms with E-state index in [9.17, 15) is 0 Å². The number of rotatable bonds is 3. The number of benzene rings is 1. The first-order valence-electron chi connectivity index (χ1n) is 11.5. The van der Waals surface area contributed by atoms with Crippen LogP contribution in [0.4, 0.5) is 5.69 Å². The number of ether oxygens (including phenoxy) is 1. The summed E-state index contributed by atoms with van der Waals surface area (Å²) in [5, 5.41) is 0. The van der Waals surface area contributed by atoms with Crippen molar-refractivity contribution in [1.82, 2.24) is 19.9 Å². The molecule has 3 fully saturated rings. The van der Waals surface area contributed by atoms with Gasteiger partial charge >= 0.3 is 0 Å². The van der Waals surface area contributed by atoms with E-state index in [1.54, 1.807) is 0 Å². The highest BCUT2D eigenvalue weighted by atomic mass is 16.5. The Balaban J connectivity index is 1.15. The van der Waals surface area contributed by atoms with Crippen LogP contribution in [-0.4, -0.2) is 64.3 Å². The molecule has 3 saturated heterocycles. The summed E-state index contributed by atoms with van der Waals surface area (Å²) >= 11 is 0. The predicted molar refractivity (Wildman–Crippen MR) is 123 cm³/mol. The van der Waals surface area contributed by atoms with E-state index >= 15 is 0 Å². The van der Waals surface area contributed by atoms with E-state index in [4.69, 9.17) is 14.1 Å². The lowest BCUT2D eigenvalue weighted by atomic mass is 10.0. The van der Waals surface area contributed by atoms with Gasteiger partial charge < -0.3 is 14.1 Å². The number of nitrogens with zero attached hydrogens (tertiary/aromatic N) is 5. The molecule has 0 amide bonds. The maximum Gasteiger partial charge on any atom is 0.192 e. The number of hydrogen-bond acceptors (Lipinski definition) is 7. The fraction of sp³-hybridized carbons (Fsp3) is 0.400. The summed E-state index contributed by atoms with van der Waals surface area (Å²) in [6, 6.07) is 14.1. The number of anilines is 1. The molecule has 0 aliphatic carbocycles. The third-order valence-electron chi connectivity index (χ3n) is 7.26. The smallest absolute Gasteiger partial charge is 0.192 e. The average molecular weight is 428 g/mol. The molecule has 7 heteroatoms. The summed E-state index contributed by atoms with van der Waals surface area (Å²) in [7, 11) is 0. The Morgan fingerprint density at radius 2 is 1.72 bits per heavy atom. The molecule has 7 nitrogen and oxygen atoms in total. The van der Waals surface area contributed by atoms with Crippen LogP contribution in [0.2, 0.25) is 0 Å². The van der Waals surface area contributed by atoms with Crippen molar-refractivity contribution in [2.75, 3.05) is 31.2 Å². The van der Waals surface area contributed by atoms with Gasteiger partial charge in [0.2, 0.25) is 0 Å². The topological polar surface area (TPSA) is 67.5 Å². The van der Waals surface area contributed by atoms with E-state index in [2.05, 4.69) is 25.8 Å². The standard InChI is InChI=1S/C25H25N5O2/c1-15-27-24-8-16(2-7-25(24)32-15)21-5-6-22-23(28-21)9-19(10-26-22)29-11-20(12-29)30-17-3-4-18(30)14-31-13-17/h2,5-10,17-18,20H,3-4,11-14H2,1H3. The Morgan fingerprint density at radius 3 is 2.56 bits per heavy atom. The maximum atomic E-state index is 5.76. The van der Waals surface area contributed by atoms with Gasteiger partial charge in [-0.25, -0.2) is 9.97 Å². The molecule has 3 aliphatic rings. The number of aryl methyl sites for hydroxylation is 1. The highest BCUT2D eigenvalue weighted by Crippen LogP contribution is 2.35. The Labute approximate surface area is 186 Å². The third kappa shape index (κ3) is 2.92. The average Bonchev–Trinajstić information content (AvgIpc) is 3.25. The molecule has 0 radical (unpaired) electrons. The monoisotopic (exact) mass is 427 g/mol. The number of aromatic nitrogens is 3. The molecule has 0 saturated carbocycles. The molecular weight excluding hydrogens is 402 g/mol. The summed E-state index contributed by atoms with van der Waals surface area (Å²) < 4.78 is 11.4. The molecule has 2 unspecified atom stereocenters. The molecule has 0 spiro atoms. The van der Waals surface area contributed by atoms with Gasteiger partial charge in [-0.3, -0.25) is 9.88 Å². The molecule has 2 bridgehead atoms. The van der Waals surface area contributed by atoms with E-state index in [0.717, 1.165) is 65.4 Å². The van der Waals surface area contributed by atoms with E-state index in [0.29, 0.717) is 24.0 Å². The zero-order valence-electron chi connectivity index (χ0n) is 18.1. The van der Waals surface area contributed by atoms with E-state index in [1.165, 1.54) is 12.8 Å². The molecule has 2 atom stereocenters. The van der Waals surface area contributed by atoms with Crippen molar-refractivity contribution < 1.29 is 9.15 Å². The Bertz CT molecular complexity index is 1310. The Hall–Kier alpha value is -3.03. The molecule has 6 heterocycles. The van der Waals surface area contributed by atoms with Crippen LogP contribution >= 0.6 is 0 Å². The normalized spacial score (nSPS) is 23.8. The zero-order valence-corrected chi connectivity index (χ0v) is 18.1. The molecule has 1 aromatic carbocycles. The second kappa shape index (κ2) is 6.98. The molecule has 0 N–H and O–H groups in total. The molecule has 3 aromatic heterocycles. The highest BCUT2D eigenvalue weighted by molar-refractivity contribution is 5.84. The summed E-state index contributed by atoms with van der Waals surface area (Å²) in [6.45, 7) is 5.78. The first-order chi connectivity index (χ1) is 15.7. The molecule has 7 rings (SSSR count). The minimum absolute atomic E-state index is 0.616. The number of oxazole rings is 1. The van der Waals surface area contributed by atoms with Gasteiger partial charge in [0.05, 0.1) is 41.8 Å². The molecule has 3 aliphatic heterocycles. The van der Waals surface area contributed by atoms with Gasteiger partial charge in [-0.05, 0) is 49.2 Å². The SMILES string of the molecule is Cc1nc2cc(-c3ccc4ncc(N5CC(N6C7CCC6COC7)C5)cc4n3)ccc2o1. The van der Waals surface area contributed by atoms with Gasteiger partial charge in [-0.2, -0.15) is 0 Å². The number of morpholine rings is 1. The van der Waals surface area contributed by atoms with Crippen molar-refractivity contribution in [1.29, 1.82) is 0 Å². The molecule has 4 aromatic rings. The summed E-state index contributed by atoms with van der Waals surface area (Å²) in [4.78, 5) is 19.2. The fourth-order valence-electron chi connectivity index (χ4n) is 5.64. The lowest BCUT2D eigenvalue weighted by Gasteiger charge is -2.50. The maximum absolute atomic E-state index is 5.76. The first-order valence-corrected chi connectivity index (χ1v) is 11.5. The van der Waals surface area contributed by atoms with Crippen molar-refractivity contribution in [2.45, 2.75) is 37.9 Å². The Kier molecular flexibility index (Phi) is 4.05. The van der Waals surface area contributed by atoms with Crippen molar-refractivity contribution in [2.24, 2.45) is 0 Å². The molecule has 32 heavy (non-hydrogen) atoms. The molecule has 162 valence electrons. The van der Waals surface area contributed by atoms with E-state index in [-0.39, 0.29) is 0 Å². The van der Waals surface area contributed by atoms with Crippen molar-refractivity contribution in [3.8, 4) is 11.3 Å². The predicted octanol–water partition coefficient (Wildman–Crippen LogP) is 3.80. The van der Waals surface area contributed by atoms with Crippen molar-refractivity contribution in [3.63, 3.8) is 0 Å². The zero-order chi connectivity index (χ0) is 21.2. The fourth-order valence-corrected chi connectivity index (χ4v) is 5.64. The van der Waals surface area contributed by atoms with Crippen LogP contribution in [-0.2, 0) is 4.74 Å². The van der Waals surface area contributed by atoms with Gasteiger partial charge in [0.15, 0.2) is 11.5 Å². The van der Waals surface area contributed by atoms with Crippen LogP contribution in [0.1, 0.15) is 18.7 Å². The van der Waals surface area contributed by atoms with Crippen LogP contribution in [0.25, 0.3) is 33.4 Å². The van der Waals surface area contributed by atoms with Gasteiger partial charge in [-0.15, -0.1) is 0 Å². The number of pyridine rings is 2. The minimum atomic E-state index is 0.616. The molecular formula is C25H25N5O2. The van der Waals surface area contributed by atoms with E-state index < -0.39 is 0 Å². The van der Waals surface area contributed by atoms with Crippen LogP contribution < -0.4 is 4.90 Å². The van der Waals surface area contributed by atoms with E-state index in [1.807, 2.05) is 43.5 Å². The second-order valence-corrected chi connectivity index (χ2v) is 9.27. The quantitative estimate of drug-likeness (QED) is 0.493. The number of fused-ring (bicyclic) bond motifs is 4. The van der Waals surface area contributed by atoms with Gasteiger partial charge in [0, 0.05) is 43.7 Å². The largest absolute Gasteiger partial charge is 0.441 e. The summed E-state index contributed by atoms with van der Waals surface area (Å²) in [5.41, 5.74) is 6.61. The van der Waals surface area contributed by atoms with Crippen LogP contribution in [0, 0.1) is 6.92 Å². The minimum Gasteiger partial charge on any atom is -0.441 e. The van der Waals surface area contributed by atoms with Crippen LogP contribution in [0.15, 0.2) is 47.0 Å². The summed E-state index contributed by atoms with van der Waals surface area (Å²) in [6.07, 6.45) is 4.55. The van der Waals surface area contributed by atoms with Gasteiger partial charge in [-0.1, -0.05) is 0 Å². The van der Waals surface area contributed by atoms with Crippen LogP contribution in [0.3, 0.4) is 0 Å². The third-order valence-corrected chi connectivity index (χ3v) is 7.26. The lowest BCUT2D eigenvalue weighted by molar-refractivity contribution is -0.0416. The highest BCUT2D eigenvalue weighted by Gasteiger charge is 2.45. The van der Waals surface area contributed by atoms with Gasteiger partial charge in [0.1, 0.15) is 5.52 Å². The van der Waals surface area contributed by atoms with Gasteiger partial charge in [0.25, 0.3) is 0 Å².